The SMILES string of the molecule is CCCOc1ccc([C@H]2C(=C(O)c3ccc4c(c3)C[C@@H](C)O4)C(=O)C(=O)N2CCN(CC)CC)cc1OCC. The Labute approximate surface area is 231 Å². The van der Waals surface area contributed by atoms with Gasteiger partial charge in [-0.1, -0.05) is 26.8 Å². The molecule has 1 fully saturated rings. The summed E-state index contributed by atoms with van der Waals surface area (Å²) in [4.78, 5) is 30.7. The molecule has 0 unspecified atom stereocenters. The highest BCUT2D eigenvalue weighted by Gasteiger charge is 2.46. The number of aliphatic hydroxyl groups excluding tert-OH is 1. The van der Waals surface area contributed by atoms with E-state index in [2.05, 4.69) is 18.7 Å². The van der Waals surface area contributed by atoms with E-state index >= 15 is 0 Å². The fraction of sp³-hybridized carbons (Fsp3) is 0.484. The predicted molar refractivity (Wildman–Crippen MR) is 150 cm³/mol. The molecule has 0 radical (unpaired) electrons. The third-order valence-electron chi connectivity index (χ3n) is 7.31. The van der Waals surface area contributed by atoms with Crippen LogP contribution in [0.4, 0.5) is 0 Å². The van der Waals surface area contributed by atoms with E-state index in [0.29, 0.717) is 48.9 Å². The molecule has 2 aromatic rings. The largest absolute Gasteiger partial charge is 0.507 e. The van der Waals surface area contributed by atoms with Crippen LogP contribution >= 0.6 is 0 Å². The molecule has 2 aromatic carbocycles. The number of hydrogen-bond acceptors (Lipinski definition) is 7. The van der Waals surface area contributed by atoms with Gasteiger partial charge in [-0.05, 0) is 74.8 Å². The molecule has 1 amide bonds. The van der Waals surface area contributed by atoms with E-state index in [4.69, 9.17) is 14.2 Å². The van der Waals surface area contributed by atoms with E-state index in [0.717, 1.165) is 37.2 Å². The number of hydrogen-bond donors (Lipinski definition) is 1. The molecule has 2 heterocycles. The number of rotatable bonds is 12. The third-order valence-corrected chi connectivity index (χ3v) is 7.31. The first-order valence-corrected chi connectivity index (χ1v) is 14.0. The molecule has 0 saturated carbocycles. The van der Waals surface area contributed by atoms with Crippen LogP contribution in [0.3, 0.4) is 0 Å². The number of aliphatic hydroxyl groups is 1. The molecule has 1 N–H and O–H groups in total. The van der Waals surface area contributed by atoms with Gasteiger partial charge in [0.05, 0.1) is 24.8 Å². The average molecular weight is 537 g/mol. The molecular formula is C31H40N2O6. The molecule has 0 aromatic heterocycles. The van der Waals surface area contributed by atoms with Crippen LogP contribution in [-0.4, -0.2) is 72.1 Å². The number of fused-ring (bicyclic) bond motifs is 1. The molecule has 8 nitrogen and oxygen atoms in total. The summed E-state index contributed by atoms with van der Waals surface area (Å²) < 4.78 is 17.6. The molecule has 0 aliphatic carbocycles. The zero-order valence-corrected chi connectivity index (χ0v) is 23.7. The number of nitrogens with zero attached hydrogens (tertiary/aromatic N) is 2. The maximum atomic E-state index is 13.5. The van der Waals surface area contributed by atoms with Gasteiger partial charge in [0.25, 0.3) is 11.7 Å². The minimum absolute atomic E-state index is 0.0495. The second-order valence-electron chi connectivity index (χ2n) is 9.96. The third kappa shape index (κ3) is 5.91. The van der Waals surface area contributed by atoms with Gasteiger partial charge >= 0.3 is 0 Å². The van der Waals surface area contributed by atoms with Crippen molar-refractivity contribution >= 4 is 17.4 Å². The maximum Gasteiger partial charge on any atom is 0.295 e. The molecule has 2 aliphatic heterocycles. The molecule has 0 spiro atoms. The van der Waals surface area contributed by atoms with Crippen molar-refractivity contribution in [2.75, 3.05) is 39.4 Å². The Balaban J connectivity index is 1.81. The van der Waals surface area contributed by atoms with Crippen molar-refractivity contribution in [3.63, 3.8) is 0 Å². The minimum atomic E-state index is -0.761. The van der Waals surface area contributed by atoms with E-state index in [-0.39, 0.29) is 17.4 Å². The first-order valence-electron chi connectivity index (χ1n) is 14.0. The second-order valence-corrected chi connectivity index (χ2v) is 9.96. The summed E-state index contributed by atoms with van der Waals surface area (Å²) in [5.74, 6) is 0.439. The van der Waals surface area contributed by atoms with Crippen molar-refractivity contribution in [2.24, 2.45) is 0 Å². The number of amides is 1. The molecule has 210 valence electrons. The molecule has 2 atom stereocenters. The van der Waals surface area contributed by atoms with Crippen LogP contribution in [0.15, 0.2) is 42.0 Å². The summed E-state index contributed by atoms with van der Waals surface area (Å²) in [6.07, 6.45) is 1.62. The maximum absolute atomic E-state index is 13.5. The number of ketones is 1. The van der Waals surface area contributed by atoms with Gasteiger partial charge < -0.3 is 29.1 Å². The van der Waals surface area contributed by atoms with Gasteiger partial charge in [0, 0.05) is 25.1 Å². The predicted octanol–water partition coefficient (Wildman–Crippen LogP) is 4.96. The van der Waals surface area contributed by atoms with E-state index < -0.39 is 17.7 Å². The molecule has 8 heteroatoms. The lowest BCUT2D eigenvalue weighted by molar-refractivity contribution is -0.140. The van der Waals surface area contributed by atoms with Gasteiger partial charge in [-0.25, -0.2) is 0 Å². The van der Waals surface area contributed by atoms with Crippen molar-refractivity contribution < 1.29 is 28.9 Å². The Morgan fingerprint density at radius 3 is 2.51 bits per heavy atom. The van der Waals surface area contributed by atoms with Crippen LogP contribution in [0.1, 0.15) is 63.8 Å². The monoisotopic (exact) mass is 536 g/mol. The summed E-state index contributed by atoms with van der Waals surface area (Å²) in [6, 6.07) is 10.1. The fourth-order valence-corrected chi connectivity index (χ4v) is 5.27. The summed E-state index contributed by atoms with van der Waals surface area (Å²) in [7, 11) is 0. The highest BCUT2D eigenvalue weighted by molar-refractivity contribution is 6.46. The number of ether oxygens (including phenoxy) is 3. The lowest BCUT2D eigenvalue weighted by atomic mass is 9.94. The van der Waals surface area contributed by atoms with E-state index in [1.807, 2.05) is 51.1 Å². The Kier molecular flexibility index (Phi) is 9.17. The number of likely N-dealkylation sites (N-methyl/N-ethyl adjacent to an activating group) is 1. The summed E-state index contributed by atoms with van der Waals surface area (Å²) in [6.45, 7) is 13.7. The smallest absolute Gasteiger partial charge is 0.295 e. The highest BCUT2D eigenvalue weighted by atomic mass is 16.5. The number of carbonyl (C=O) groups excluding carboxylic acids is 2. The van der Waals surface area contributed by atoms with Crippen LogP contribution in [0.2, 0.25) is 0 Å². The van der Waals surface area contributed by atoms with E-state index in [1.165, 1.54) is 0 Å². The molecule has 1 saturated heterocycles. The molecule has 4 rings (SSSR count). The molecule has 2 aliphatic rings. The van der Waals surface area contributed by atoms with E-state index in [1.54, 1.807) is 11.0 Å². The topological polar surface area (TPSA) is 88.5 Å². The van der Waals surface area contributed by atoms with Gasteiger partial charge in [0.15, 0.2) is 11.5 Å². The number of benzene rings is 2. The zero-order chi connectivity index (χ0) is 28.1. The summed E-state index contributed by atoms with van der Waals surface area (Å²) in [5.41, 5.74) is 2.22. The second kappa shape index (κ2) is 12.6. The lowest BCUT2D eigenvalue weighted by Crippen LogP contribution is -2.38. The summed E-state index contributed by atoms with van der Waals surface area (Å²) >= 11 is 0. The Bertz CT molecular complexity index is 1240. The standard InChI is InChI=1S/C31H40N2O6/c1-6-16-38-25-13-10-21(19-26(25)37-9-4)28-27(30(35)31(36)33(28)15-14-32(7-2)8-3)29(34)22-11-12-24-23(18-22)17-20(5)39-24/h10-13,18-20,28,34H,6-9,14-17H2,1-5H3/t20-,28+/m1/s1. The fourth-order valence-electron chi connectivity index (χ4n) is 5.27. The quantitative estimate of drug-likeness (QED) is 0.233. The van der Waals surface area contributed by atoms with Crippen molar-refractivity contribution in [1.29, 1.82) is 0 Å². The van der Waals surface area contributed by atoms with Gasteiger partial charge in [-0.2, -0.15) is 0 Å². The molecular weight excluding hydrogens is 496 g/mol. The Hall–Kier alpha value is -3.52. The Morgan fingerprint density at radius 1 is 1.05 bits per heavy atom. The van der Waals surface area contributed by atoms with Gasteiger partial charge in [-0.3, -0.25) is 9.59 Å². The van der Waals surface area contributed by atoms with Crippen molar-refractivity contribution in [3.8, 4) is 17.2 Å². The van der Waals surface area contributed by atoms with Gasteiger partial charge in [0.1, 0.15) is 17.6 Å². The van der Waals surface area contributed by atoms with Gasteiger partial charge in [0.2, 0.25) is 0 Å². The van der Waals surface area contributed by atoms with Crippen molar-refractivity contribution in [3.05, 3.63) is 58.7 Å². The van der Waals surface area contributed by atoms with Crippen LogP contribution in [-0.2, 0) is 16.0 Å². The minimum Gasteiger partial charge on any atom is -0.507 e. The number of carbonyl (C=O) groups is 2. The normalized spacial score (nSPS) is 19.9. The molecule has 0 bridgehead atoms. The van der Waals surface area contributed by atoms with Crippen molar-refractivity contribution in [2.45, 2.75) is 59.6 Å². The molecule has 39 heavy (non-hydrogen) atoms. The van der Waals surface area contributed by atoms with Crippen LogP contribution < -0.4 is 14.2 Å². The van der Waals surface area contributed by atoms with Crippen molar-refractivity contribution in [1.82, 2.24) is 9.80 Å². The first-order chi connectivity index (χ1) is 18.8. The van der Waals surface area contributed by atoms with Gasteiger partial charge in [-0.15, -0.1) is 0 Å². The zero-order valence-electron chi connectivity index (χ0n) is 23.7. The number of Topliss-reactive ketones (excluding diaryl/α,β-unsaturated/α-hetero) is 1. The first kappa shape index (κ1) is 28.5. The van der Waals surface area contributed by atoms with Crippen LogP contribution in [0.25, 0.3) is 5.76 Å². The van der Waals surface area contributed by atoms with Crippen LogP contribution in [0.5, 0.6) is 17.2 Å². The number of likely N-dealkylation sites (tertiary alicyclic amines) is 1. The average Bonchev–Trinajstić information content (AvgIpc) is 3.43. The van der Waals surface area contributed by atoms with Crippen LogP contribution in [0, 0.1) is 0 Å². The highest BCUT2D eigenvalue weighted by Crippen LogP contribution is 2.42. The Morgan fingerprint density at radius 2 is 1.82 bits per heavy atom. The summed E-state index contributed by atoms with van der Waals surface area (Å²) in [5, 5.41) is 11.5. The van der Waals surface area contributed by atoms with E-state index in [9.17, 15) is 14.7 Å². The lowest BCUT2D eigenvalue weighted by Gasteiger charge is -2.28.